The van der Waals surface area contributed by atoms with Crippen LogP contribution in [-0.4, -0.2) is 44.4 Å². The van der Waals surface area contributed by atoms with Crippen LogP contribution in [0.5, 0.6) is 5.75 Å². The number of carbonyl (C=O) groups excluding carboxylic acids is 2. The fraction of sp³-hybridized carbons (Fsp3) is 0.391. The van der Waals surface area contributed by atoms with Crippen LogP contribution in [-0.2, 0) is 4.79 Å². The number of rotatable bonds is 7. The van der Waals surface area contributed by atoms with Gasteiger partial charge in [-0.1, -0.05) is 37.8 Å². The van der Waals surface area contributed by atoms with Crippen molar-refractivity contribution >= 4 is 36.6 Å². The fourth-order valence-corrected chi connectivity index (χ4v) is 4.68. The molecule has 2 aromatic rings. The Balaban J connectivity index is 2.66. The second-order valence-corrected chi connectivity index (χ2v) is 14.2. The van der Waals surface area contributed by atoms with Crippen LogP contribution in [0.1, 0.15) is 20.8 Å². The Morgan fingerprint density at radius 1 is 1.03 bits per heavy atom. The van der Waals surface area contributed by atoms with Gasteiger partial charge in [0.25, 0.3) is 0 Å². The van der Waals surface area contributed by atoms with Gasteiger partial charge in [0.2, 0.25) is 5.91 Å². The number of hydrogen-bond donors (Lipinski definition) is 4. The Kier molecular flexibility index (Phi) is 7.51. The van der Waals surface area contributed by atoms with Crippen LogP contribution in [0.2, 0.25) is 19.6 Å². The van der Waals surface area contributed by atoms with Crippen LogP contribution in [0, 0.1) is 0 Å². The summed E-state index contributed by atoms with van der Waals surface area (Å²) in [6, 6.07) is 10.9. The number of carbonyl (C=O) groups is 2. The first-order valence-corrected chi connectivity index (χ1v) is 13.7. The van der Waals surface area contributed by atoms with Gasteiger partial charge in [0, 0.05) is 19.0 Å². The minimum atomic E-state index is -1.88. The number of amides is 3. The van der Waals surface area contributed by atoms with Gasteiger partial charge in [-0.3, -0.25) is 4.79 Å². The maximum atomic E-state index is 12.7. The topological polar surface area (TPSA) is 99.7 Å². The Hall–Kier alpha value is -2.84. The molecule has 31 heavy (non-hydrogen) atoms. The summed E-state index contributed by atoms with van der Waals surface area (Å²) in [5.74, 6) is 0.511. The predicted octanol–water partition coefficient (Wildman–Crippen LogP) is 3.76. The third-order valence-corrected chi connectivity index (χ3v) is 6.66. The van der Waals surface area contributed by atoms with Crippen molar-refractivity contribution in [1.82, 2.24) is 5.32 Å². The van der Waals surface area contributed by atoms with Crippen LogP contribution in [0.15, 0.2) is 36.4 Å². The Morgan fingerprint density at radius 2 is 1.65 bits per heavy atom. The van der Waals surface area contributed by atoms with E-state index < -0.39 is 19.7 Å². The van der Waals surface area contributed by atoms with E-state index in [4.69, 9.17) is 4.74 Å². The molecule has 0 unspecified atom stereocenters. The van der Waals surface area contributed by atoms with E-state index in [1.165, 1.54) is 6.92 Å². The van der Waals surface area contributed by atoms with Crippen LogP contribution in [0.4, 0.5) is 16.2 Å². The van der Waals surface area contributed by atoms with Crippen LogP contribution >= 0.6 is 0 Å². The van der Waals surface area contributed by atoms with E-state index in [0.717, 1.165) is 16.3 Å². The number of anilines is 2. The zero-order valence-electron chi connectivity index (χ0n) is 19.3. The first kappa shape index (κ1) is 24.4. The highest BCUT2D eigenvalue weighted by molar-refractivity contribution is 6.90. The van der Waals surface area contributed by atoms with Gasteiger partial charge in [0.1, 0.15) is 5.75 Å². The summed E-state index contributed by atoms with van der Waals surface area (Å²) in [5.41, 5.74) is 1.80. The molecule has 4 N–H and O–H groups in total. The highest BCUT2D eigenvalue weighted by Crippen LogP contribution is 2.36. The van der Waals surface area contributed by atoms with Gasteiger partial charge in [-0.25, -0.2) is 4.79 Å². The lowest BCUT2D eigenvalue weighted by molar-refractivity contribution is -0.114. The second kappa shape index (κ2) is 9.53. The molecule has 0 aliphatic heterocycles. The predicted molar refractivity (Wildman–Crippen MR) is 129 cm³/mol. The molecule has 2 aromatic carbocycles. The quantitative estimate of drug-likeness (QED) is 0.490. The normalized spacial score (nSPS) is 11.6. The zero-order valence-corrected chi connectivity index (χ0v) is 20.3. The number of hydrogen-bond acceptors (Lipinski definition) is 4. The van der Waals surface area contributed by atoms with E-state index >= 15 is 0 Å². The molecule has 0 spiro atoms. The molecular weight excluding hydrogens is 410 g/mol. The van der Waals surface area contributed by atoms with E-state index in [2.05, 4.69) is 35.6 Å². The average molecular weight is 444 g/mol. The lowest BCUT2D eigenvalue weighted by atomic mass is 10.0. The van der Waals surface area contributed by atoms with Gasteiger partial charge >= 0.3 is 6.03 Å². The smallest absolute Gasteiger partial charge is 0.319 e. The first-order chi connectivity index (χ1) is 14.3. The Morgan fingerprint density at radius 3 is 2.13 bits per heavy atom. The molecule has 0 saturated heterocycles. The fourth-order valence-electron chi connectivity index (χ4n) is 3.16. The van der Waals surface area contributed by atoms with Crippen LogP contribution in [0.25, 0.3) is 11.1 Å². The zero-order chi connectivity index (χ0) is 23.4. The SMILES string of the molecule is COc1ccc(-c2c(NC(C)=O)ccc([Si](C)(C)C)c2NC(=O)NCC(C)(C)O)cc1. The number of benzene rings is 2. The van der Waals surface area contributed by atoms with E-state index in [1.54, 1.807) is 21.0 Å². The maximum Gasteiger partial charge on any atom is 0.319 e. The maximum absolute atomic E-state index is 12.7. The summed E-state index contributed by atoms with van der Waals surface area (Å²) in [6.45, 7) is 11.4. The lowest BCUT2D eigenvalue weighted by Gasteiger charge is -2.26. The minimum Gasteiger partial charge on any atom is -0.497 e. The van der Waals surface area contributed by atoms with Crippen molar-refractivity contribution in [1.29, 1.82) is 0 Å². The van der Waals surface area contributed by atoms with Crippen molar-refractivity contribution in [2.24, 2.45) is 0 Å². The van der Waals surface area contributed by atoms with E-state index in [1.807, 2.05) is 36.4 Å². The van der Waals surface area contributed by atoms with E-state index in [9.17, 15) is 14.7 Å². The van der Waals surface area contributed by atoms with Gasteiger partial charge in [-0.15, -0.1) is 0 Å². The molecule has 0 atom stereocenters. The van der Waals surface area contributed by atoms with Crippen LogP contribution in [0.3, 0.4) is 0 Å². The molecule has 0 aliphatic carbocycles. The summed E-state index contributed by atoms with van der Waals surface area (Å²) in [5, 5.41) is 19.6. The molecule has 0 saturated carbocycles. The summed E-state index contributed by atoms with van der Waals surface area (Å²) in [7, 11) is -0.278. The molecule has 7 nitrogen and oxygen atoms in total. The third-order valence-electron chi connectivity index (χ3n) is 4.62. The van der Waals surface area contributed by atoms with Gasteiger partial charge in [0.15, 0.2) is 0 Å². The van der Waals surface area contributed by atoms with Gasteiger partial charge < -0.3 is 25.8 Å². The summed E-state index contributed by atoms with van der Waals surface area (Å²) < 4.78 is 5.27. The molecule has 0 bridgehead atoms. The number of aliphatic hydroxyl groups is 1. The van der Waals surface area contributed by atoms with E-state index in [0.29, 0.717) is 17.1 Å². The number of ether oxygens (including phenoxy) is 1. The summed E-state index contributed by atoms with van der Waals surface area (Å²) in [4.78, 5) is 24.6. The molecule has 0 aliphatic rings. The molecule has 0 radical (unpaired) electrons. The molecule has 8 heteroatoms. The Labute approximate surface area is 185 Å². The highest BCUT2D eigenvalue weighted by atomic mass is 28.3. The molecule has 0 heterocycles. The molecule has 0 aromatic heterocycles. The largest absolute Gasteiger partial charge is 0.497 e. The van der Waals surface area contributed by atoms with Crippen molar-refractivity contribution in [2.75, 3.05) is 24.3 Å². The Bertz CT molecular complexity index is 945. The van der Waals surface area contributed by atoms with Crippen molar-refractivity contribution in [3.63, 3.8) is 0 Å². The molecule has 0 fully saturated rings. The van der Waals surface area contributed by atoms with Gasteiger partial charge in [0.05, 0.1) is 32.2 Å². The van der Waals surface area contributed by atoms with Gasteiger partial charge in [-0.2, -0.15) is 0 Å². The lowest BCUT2D eigenvalue weighted by Crippen LogP contribution is -2.44. The van der Waals surface area contributed by atoms with Crippen molar-refractivity contribution in [3.05, 3.63) is 36.4 Å². The van der Waals surface area contributed by atoms with E-state index in [-0.39, 0.29) is 12.5 Å². The number of methoxy groups -OCH3 is 1. The minimum absolute atomic E-state index is 0.102. The molecule has 168 valence electrons. The summed E-state index contributed by atoms with van der Waals surface area (Å²) >= 11 is 0. The number of urea groups is 1. The third kappa shape index (κ3) is 6.83. The highest BCUT2D eigenvalue weighted by Gasteiger charge is 2.26. The molecule has 3 amide bonds. The monoisotopic (exact) mass is 443 g/mol. The van der Waals surface area contributed by atoms with Crippen molar-refractivity contribution in [3.8, 4) is 16.9 Å². The number of nitrogens with one attached hydrogen (secondary N) is 3. The molecular formula is C23H33N3O4Si. The van der Waals surface area contributed by atoms with Crippen molar-refractivity contribution < 1.29 is 19.4 Å². The summed E-state index contributed by atoms with van der Waals surface area (Å²) in [6.07, 6.45) is 0. The second-order valence-electron chi connectivity index (χ2n) is 9.19. The standard InChI is InChI=1S/C23H33N3O4Si/c1-15(27)25-18-12-13-19(31(5,6)7)21(26-22(28)24-14-23(2,3)29)20(18)16-8-10-17(30-4)11-9-16/h8-13,29H,14H2,1-7H3,(H,25,27)(H2,24,26,28). The first-order valence-electron chi connectivity index (χ1n) is 10.2. The van der Waals surface area contributed by atoms with Crippen LogP contribution < -0.4 is 25.9 Å². The van der Waals surface area contributed by atoms with Gasteiger partial charge in [-0.05, 0) is 42.8 Å². The average Bonchev–Trinajstić information content (AvgIpc) is 2.65. The van der Waals surface area contributed by atoms with Crippen molar-refractivity contribution in [2.45, 2.75) is 46.0 Å². The molecule has 2 rings (SSSR count).